The largest absolute Gasteiger partial charge is 0.320 e. The Bertz CT molecular complexity index is 496. The van der Waals surface area contributed by atoms with Crippen molar-refractivity contribution in [1.82, 2.24) is 15.1 Å². The highest BCUT2D eigenvalue weighted by Gasteiger charge is 2.59. The molecule has 1 N–H and O–H groups in total. The topological polar surface area (TPSA) is 35.6 Å². The van der Waals surface area contributed by atoms with Gasteiger partial charge in [0.1, 0.15) is 11.7 Å². The lowest BCUT2D eigenvalue weighted by Gasteiger charge is -2.30. The van der Waals surface area contributed by atoms with Crippen LogP contribution in [0.5, 0.6) is 0 Å². The molecule has 1 amide bonds. The van der Waals surface area contributed by atoms with Crippen LogP contribution >= 0.6 is 0 Å². The van der Waals surface area contributed by atoms with E-state index in [-0.39, 0.29) is 17.6 Å². The van der Waals surface area contributed by atoms with Gasteiger partial charge < -0.3 is 9.80 Å². The van der Waals surface area contributed by atoms with Crippen LogP contribution in [-0.4, -0.2) is 47.9 Å². The molecule has 1 spiro atoms. The van der Waals surface area contributed by atoms with Crippen molar-refractivity contribution >= 4 is 5.91 Å². The van der Waals surface area contributed by atoms with Crippen molar-refractivity contribution in [2.45, 2.75) is 37.5 Å². The SMILES string of the molecule is CC(CN1C(=O)C2(CC2)NC1c1ccccc1)N(C)C. The van der Waals surface area contributed by atoms with Gasteiger partial charge in [0.25, 0.3) is 0 Å². The van der Waals surface area contributed by atoms with Gasteiger partial charge in [-0.25, -0.2) is 0 Å². The number of carbonyl (C=O) groups is 1. The minimum Gasteiger partial charge on any atom is -0.320 e. The molecule has 1 aromatic rings. The second-order valence-electron chi connectivity index (χ2n) is 6.31. The smallest absolute Gasteiger partial charge is 0.244 e. The standard InChI is InChI=1S/C16H23N3O/c1-12(18(2)3)11-19-14(13-7-5-4-6-8-13)17-16(9-10-16)15(19)20/h4-8,12,14,17H,9-11H2,1-3H3. The second-order valence-corrected chi connectivity index (χ2v) is 6.31. The van der Waals surface area contributed by atoms with Crippen LogP contribution in [0.3, 0.4) is 0 Å². The lowest BCUT2D eigenvalue weighted by Crippen LogP contribution is -2.41. The maximum Gasteiger partial charge on any atom is 0.244 e. The van der Waals surface area contributed by atoms with Crippen LogP contribution in [-0.2, 0) is 4.79 Å². The zero-order chi connectivity index (χ0) is 14.3. The van der Waals surface area contributed by atoms with Crippen molar-refractivity contribution in [2.75, 3.05) is 20.6 Å². The number of benzene rings is 1. The third kappa shape index (κ3) is 2.23. The number of hydrogen-bond acceptors (Lipinski definition) is 3. The van der Waals surface area contributed by atoms with Gasteiger partial charge in [-0.3, -0.25) is 10.1 Å². The van der Waals surface area contributed by atoms with E-state index in [1.54, 1.807) is 0 Å². The summed E-state index contributed by atoms with van der Waals surface area (Å²) in [6.45, 7) is 2.92. The average Bonchev–Trinajstić information content (AvgIpc) is 3.18. The maximum atomic E-state index is 12.7. The predicted molar refractivity (Wildman–Crippen MR) is 79.1 cm³/mol. The average molecular weight is 273 g/mol. The summed E-state index contributed by atoms with van der Waals surface area (Å²) >= 11 is 0. The molecular formula is C16H23N3O. The van der Waals surface area contributed by atoms with Gasteiger partial charge in [-0.1, -0.05) is 30.3 Å². The number of nitrogens with zero attached hydrogens (tertiary/aromatic N) is 2. The van der Waals surface area contributed by atoms with E-state index < -0.39 is 0 Å². The number of amides is 1. The summed E-state index contributed by atoms with van der Waals surface area (Å²) in [4.78, 5) is 16.9. The summed E-state index contributed by atoms with van der Waals surface area (Å²) in [5.74, 6) is 0.278. The van der Waals surface area contributed by atoms with E-state index >= 15 is 0 Å². The fraction of sp³-hybridized carbons (Fsp3) is 0.562. The van der Waals surface area contributed by atoms with Crippen LogP contribution in [0.15, 0.2) is 30.3 Å². The molecule has 1 saturated carbocycles. The molecule has 4 heteroatoms. The van der Waals surface area contributed by atoms with Crippen LogP contribution in [0, 0.1) is 0 Å². The number of likely N-dealkylation sites (N-methyl/N-ethyl adjacent to an activating group) is 1. The quantitative estimate of drug-likeness (QED) is 0.905. The fourth-order valence-corrected chi connectivity index (χ4v) is 2.81. The van der Waals surface area contributed by atoms with Crippen molar-refractivity contribution < 1.29 is 4.79 Å². The first-order chi connectivity index (χ1) is 9.53. The van der Waals surface area contributed by atoms with Gasteiger partial charge in [0.15, 0.2) is 0 Å². The van der Waals surface area contributed by atoms with Crippen molar-refractivity contribution in [2.24, 2.45) is 0 Å². The highest BCUT2D eigenvalue weighted by Crippen LogP contribution is 2.45. The van der Waals surface area contributed by atoms with Crippen molar-refractivity contribution in [3.63, 3.8) is 0 Å². The van der Waals surface area contributed by atoms with Crippen LogP contribution in [0.4, 0.5) is 0 Å². The predicted octanol–water partition coefficient (Wildman–Crippen LogP) is 1.60. The van der Waals surface area contributed by atoms with Gasteiger partial charge in [-0.05, 0) is 39.4 Å². The molecule has 1 aliphatic carbocycles. The molecule has 1 aromatic carbocycles. The highest BCUT2D eigenvalue weighted by atomic mass is 16.2. The molecule has 1 heterocycles. The van der Waals surface area contributed by atoms with Crippen LogP contribution in [0.1, 0.15) is 31.5 Å². The van der Waals surface area contributed by atoms with E-state index in [1.807, 2.05) is 23.1 Å². The summed E-state index contributed by atoms with van der Waals surface area (Å²) < 4.78 is 0. The molecule has 3 rings (SSSR count). The number of nitrogens with one attached hydrogen (secondary N) is 1. The van der Waals surface area contributed by atoms with Gasteiger partial charge in [0, 0.05) is 12.6 Å². The Morgan fingerprint density at radius 3 is 2.55 bits per heavy atom. The summed E-state index contributed by atoms with van der Waals surface area (Å²) in [6.07, 6.45) is 1.97. The molecule has 1 aliphatic heterocycles. The van der Waals surface area contributed by atoms with E-state index in [1.165, 1.54) is 5.56 Å². The van der Waals surface area contributed by atoms with E-state index in [4.69, 9.17) is 0 Å². The first kappa shape index (κ1) is 13.6. The molecule has 2 atom stereocenters. The minimum absolute atomic E-state index is 0.0219. The monoisotopic (exact) mass is 273 g/mol. The molecule has 0 radical (unpaired) electrons. The maximum absolute atomic E-state index is 12.7. The summed E-state index contributed by atoms with van der Waals surface area (Å²) in [5.41, 5.74) is 0.919. The van der Waals surface area contributed by atoms with E-state index in [0.717, 1.165) is 19.4 Å². The van der Waals surface area contributed by atoms with Gasteiger partial charge in [-0.2, -0.15) is 0 Å². The third-order valence-electron chi connectivity index (χ3n) is 4.60. The molecule has 1 saturated heterocycles. The summed E-state index contributed by atoms with van der Waals surface area (Å²) in [5, 5.41) is 3.56. The lowest BCUT2D eigenvalue weighted by atomic mass is 10.1. The molecule has 2 unspecified atom stereocenters. The Hall–Kier alpha value is -1.39. The lowest BCUT2D eigenvalue weighted by molar-refractivity contribution is -0.131. The van der Waals surface area contributed by atoms with Crippen molar-refractivity contribution in [3.05, 3.63) is 35.9 Å². The Labute approximate surface area is 120 Å². The highest BCUT2D eigenvalue weighted by molar-refractivity contribution is 5.92. The Kier molecular flexibility index (Phi) is 3.30. The Balaban J connectivity index is 1.85. The molecule has 2 aliphatic rings. The zero-order valence-corrected chi connectivity index (χ0v) is 12.5. The minimum atomic E-state index is -0.257. The third-order valence-corrected chi connectivity index (χ3v) is 4.60. The van der Waals surface area contributed by atoms with Gasteiger partial charge in [0.2, 0.25) is 5.91 Å². The summed E-state index contributed by atoms with van der Waals surface area (Å²) in [6, 6.07) is 10.6. The van der Waals surface area contributed by atoms with Crippen molar-refractivity contribution in [1.29, 1.82) is 0 Å². The molecule has 2 fully saturated rings. The number of rotatable bonds is 4. The van der Waals surface area contributed by atoms with E-state index in [2.05, 4.69) is 43.4 Å². The van der Waals surface area contributed by atoms with Gasteiger partial charge >= 0.3 is 0 Å². The number of hydrogen-bond donors (Lipinski definition) is 1. The molecule has 0 bridgehead atoms. The van der Waals surface area contributed by atoms with E-state index in [0.29, 0.717) is 6.04 Å². The zero-order valence-electron chi connectivity index (χ0n) is 12.5. The van der Waals surface area contributed by atoms with Crippen LogP contribution in [0.25, 0.3) is 0 Å². The van der Waals surface area contributed by atoms with Gasteiger partial charge in [-0.15, -0.1) is 0 Å². The molecule has 4 nitrogen and oxygen atoms in total. The van der Waals surface area contributed by atoms with Crippen LogP contribution < -0.4 is 5.32 Å². The number of carbonyl (C=O) groups excluding carboxylic acids is 1. The summed E-state index contributed by atoms with van der Waals surface area (Å²) in [7, 11) is 4.12. The first-order valence-electron chi connectivity index (χ1n) is 7.34. The molecule has 20 heavy (non-hydrogen) atoms. The van der Waals surface area contributed by atoms with Crippen LogP contribution in [0.2, 0.25) is 0 Å². The molecule has 108 valence electrons. The normalized spacial score (nSPS) is 25.5. The molecular weight excluding hydrogens is 250 g/mol. The van der Waals surface area contributed by atoms with E-state index in [9.17, 15) is 4.79 Å². The van der Waals surface area contributed by atoms with Gasteiger partial charge in [0.05, 0.1) is 0 Å². The second kappa shape index (κ2) is 4.86. The Morgan fingerprint density at radius 2 is 2.00 bits per heavy atom. The first-order valence-corrected chi connectivity index (χ1v) is 7.34. The fourth-order valence-electron chi connectivity index (χ4n) is 2.81. The Morgan fingerprint density at radius 1 is 1.35 bits per heavy atom. The van der Waals surface area contributed by atoms with Crippen molar-refractivity contribution in [3.8, 4) is 0 Å². The molecule has 0 aromatic heterocycles.